The van der Waals surface area contributed by atoms with E-state index in [1.165, 1.54) is 44.5 Å². The number of rotatable bonds is 1. The van der Waals surface area contributed by atoms with Crippen molar-refractivity contribution in [3.63, 3.8) is 0 Å². The average Bonchev–Trinajstić information content (AvgIpc) is 0.759. The first-order valence-electron chi connectivity index (χ1n) is 30.8. The highest BCUT2D eigenvalue weighted by molar-refractivity contribution is 6.12. The molecule has 0 saturated heterocycles. The van der Waals surface area contributed by atoms with Gasteiger partial charge in [0.15, 0.2) is 0 Å². The summed E-state index contributed by atoms with van der Waals surface area (Å²) in [6.07, 6.45) is 0. The molecule has 0 saturated carbocycles. The fourth-order valence-corrected chi connectivity index (χ4v) is 10.5. The highest BCUT2D eigenvalue weighted by Gasteiger charge is 2.26. The monoisotopic (exact) mass is 1130 g/mol. The predicted octanol–water partition coefficient (Wildman–Crippen LogP) is 21.1. The maximum Gasteiger partial charge on any atom is 0.125 e. The maximum absolute atomic E-state index is 12.7. The molecular formula is C84H94O2. The molecule has 0 aliphatic rings. The van der Waals surface area contributed by atoms with Crippen molar-refractivity contribution in [3.8, 4) is 70.0 Å². The van der Waals surface area contributed by atoms with Crippen LogP contribution in [0.2, 0.25) is 0 Å². The van der Waals surface area contributed by atoms with Gasteiger partial charge in [-0.15, -0.1) is 0 Å². The Kier molecular flexibility index (Phi) is 17.0. The molecule has 0 aliphatic carbocycles. The summed E-state index contributed by atoms with van der Waals surface area (Å²) in [4.78, 5) is 0. The average molecular weight is 1140 g/mol. The van der Waals surface area contributed by atoms with E-state index in [2.05, 4.69) is 298 Å². The van der Waals surface area contributed by atoms with Crippen LogP contribution in [0.4, 0.5) is 0 Å². The lowest BCUT2D eigenvalue weighted by Crippen LogP contribution is -2.16. The Morgan fingerprint density at radius 3 is 0.616 bits per heavy atom. The van der Waals surface area contributed by atoms with Gasteiger partial charge < -0.3 is 10.2 Å². The van der Waals surface area contributed by atoms with E-state index in [9.17, 15) is 10.2 Å². The summed E-state index contributed by atoms with van der Waals surface area (Å²) < 4.78 is 0. The lowest BCUT2D eigenvalue weighted by Gasteiger charge is -2.25. The van der Waals surface area contributed by atoms with Gasteiger partial charge in [0.1, 0.15) is 11.5 Å². The Bertz CT molecular complexity index is 3840. The van der Waals surface area contributed by atoms with Crippen molar-refractivity contribution in [1.82, 2.24) is 0 Å². The lowest BCUT2D eigenvalue weighted by atomic mass is 9.79. The second kappa shape index (κ2) is 22.8. The van der Waals surface area contributed by atoms with Crippen LogP contribution in [-0.4, -0.2) is 10.2 Å². The third-order valence-corrected chi connectivity index (χ3v) is 16.5. The molecule has 86 heavy (non-hydrogen) atoms. The molecule has 8 aromatic rings. The first-order chi connectivity index (χ1) is 39.4. The Hall–Kier alpha value is -7.88. The van der Waals surface area contributed by atoms with Crippen LogP contribution >= 0.6 is 0 Å². The number of fused-ring (bicyclic) bond motifs is 2. The van der Waals surface area contributed by atoms with Gasteiger partial charge in [-0.1, -0.05) is 250 Å². The van der Waals surface area contributed by atoms with Crippen molar-refractivity contribution in [2.24, 2.45) is 0 Å². The summed E-state index contributed by atoms with van der Waals surface area (Å²) in [5.41, 5.74) is 16.7. The highest BCUT2D eigenvalue weighted by atomic mass is 16.3. The van der Waals surface area contributed by atoms with Gasteiger partial charge in [-0.05, 0) is 194 Å². The van der Waals surface area contributed by atoms with Crippen LogP contribution in [0.25, 0.3) is 32.7 Å². The first-order valence-corrected chi connectivity index (χ1v) is 30.8. The van der Waals surface area contributed by atoms with Gasteiger partial charge in [-0.2, -0.15) is 0 Å². The third-order valence-electron chi connectivity index (χ3n) is 16.5. The summed E-state index contributed by atoms with van der Waals surface area (Å²) in [7, 11) is 0. The predicted molar refractivity (Wildman–Crippen MR) is 370 cm³/mol. The summed E-state index contributed by atoms with van der Waals surface area (Å²) >= 11 is 0. The molecule has 0 unspecified atom stereocenters. The number of benzene rings is 8. The Morgan fingerprint density at radius 1 is 0.209 bits per heavy atom. The van der Waals surface area contributed by atoms with Crippen molar-refractivity contribution in [2.45, 2.75) is 209 Å². The van der Waals surface area contributed by atoms with E-state index in [0.717, 1.165) is 54.9 Å². The molecule has 442 valence electrons. The Morgan fingerprint density at radius 2 is 0.407 bits per heavy atom. The van der Waals surface area contributed by atoms with Gasteiger partial charge in [0.25, 0.3) is 0 Å². The molecular weight excluding hydrogens is 1040 g/mol. The van der Waals surface area contributed by atoms with Crippen LogP contribution in [-0.2, 0) is 43.3 Å². The topological polar surface area (TPSA) is 40.5 Å². The smallest absolute Gasteiger partial charge is 0.125 e. The molecule has 0 heterocycles. The number of hydrogen-bond acceptors (Lipinski definition) is 2. The van der Waals surface area contributed by atoms with Crippen LogP contribution in [0, 0.1) is 47.4 Å². The molecule has 8 rings (SSSR count). The van der Waals surface area contributed by atoms with E-state index in [4.69, 9.17) is 0 Å². The number of phenols is 2. The van der Waals surface area contributed by atoms with Crippen LogP contribution in [0.3, 0.4) is 0 Å². The molecule has 2 N–H and O–H groups in total. The van der Waals surface area contributed by atoms with Crippen LogP contribution in [0.1, 0.15) is 255 Å². The number of aromatic hydroxyl groups is 2. The Balaban J connectivity index is 1.42. The van der Waals surface area contributed by atoms with Crippen molar-refractivity contribution >= 4 is 21.5 Å². The second-order valence-corrected chi connectivity index (χ2v) is 32.4. The van der Waals surface area contributed by atoms with Crippen molar-refractivity contribution in [2.75, 3.05) is 0 Å². The normalized spacial score (nSPS) is 12.6. The fraction of sp³-hybridized carbons (Fsp3) is 0.381. The highest BCUT2D eigenvalue weighted by Crippen LogP contribution is 2.47. The molecule has 0 bridgehead atoms. The standard InChI is InChI=1S/C84H94O2/c1-77(2,3)61-37-55(38-62(49-61)78(4,5)6)27-25-53-31-35-69-71(45-53)59(33-29-57-41-65(81(13,14)15)51-66(42-57)82(16,17)18)47-73(85)75(69)76-70-36-32-54(26-28-56-39-63(79(7,8)9)50-64(40-56)80(10,11)12)46-72(70)60(48-74(76)86)34-30-58-43-67(83(19,20)21)52-68(44-58)84(22,23)24/h31-32,35-52,85-86H,1-24H3. The van der Waals surface area contributed by atoms with Crippen molar-refractivity contribution in [1.29, 1.82) is 0 Å². The van der Waals surface area contributed by atoms with Gasteiger partial charge in [-0.25, -0.2) is 0 Å². The molecule has 0 atom stereocenters. The van der Waals surface area contributed by atoms with Gasteiger partial charge in [0.05, 0.1) is 0 Å². The van der Waals surface area contributed by atoms with Crippen molar-refractivity contribution in [3.05, 3.63) is 210 Å². The van der Waals surface area contributed by atoms with E-state index in [0.29, 0.717) is 22.3 Å². The molecule has 0 spiro atoms. The zero-order valence-corrected chi connectivity index (χ0v) is 56.4. The second-order valence-electron chi connectivity index (χ2n) is 32.4. The van der Waals surface area contributed by atoms with Crippen molar-refractivity contribution < 1.29 is 10.2 Å². The van der Waals surface area contributed by atoms with E-state index < -0.39 is 0 Å². The minimum Gasteiger partial charge on any atom is -0.507 e. The summed E-state index contributed by atoms with van der Waals surface area (Å²) in [5, 5.41) is 28.5. The molecule has 2 heteroatoms. The maximum atomic E-state index is 12.7. The summed E-state index contributed by atoms with van der Waals surface area (Å²) in [6.45, 7) is 53.8. The zero-order valence-electron chi connectivity index (χ0n) is 56.4. The van der Waals surface area contributed by atoms with Crippen LogP contribution in [0.5, 0.6) is 11.5 Å². The zero-order chi connectivity index (χ0) is 63.7. The lowest BCUT2D eigenvalue weighted by molar-refractivity contribution is 0.470. The summed E-state index contributed by atoms with van der Waals surface area (Å²) in [5.74, 6) is 28.4. The molecule has 0 fully saturated rings. The largest absolute Gasteiger partial charge is 0.507 e. The molecule has 0 amide bonds. The van der Waals surface area contributed by atoms with Crippen LogP contribution < -0.4 is 0 Å². The van der Waals surface area contributed by atoms with E-state index in [1.807, 2.05) is 24.3 Å². The van der Waals surface area contributed by atoms with E-state index >= 15 is 0 Å². The Labute approximate surface area is 518 Å². The minimum absolute atomic E-state index is 0.00504. The quantitative estimate of drug-likeness (QED) is 0.161. The number of hydrogen-bond donors (Lipinski definition) is 2. The summed E-state index contributed by atoms with van der Waals surface area (Å²) in [6, 6.07) is 42.6. The van der Waals surface area contributed by atoms with Gasteiger partial charge in [0, 0.05) is 55.6 Å². The molecule has 2 nitrogen and oxygen atoms in total. The number of phenolic OH excluding ortho intramolecular Hbond substituents is 2. The van der Waals surface area contributed by atoms with Gasteiger partial charge in [0.2, 0.25) is 0 Å². The third kappa shape index (κ3) is 14.8. The van der Waals surface area contributed by atoms with Gasteiger partial charge >= 0.3 is 0 Å². The molecule has 0 radical (unpaired) electrons. The minimum atomic E-state index is -0.0987. The van der Waals surface area contributed by atoms with E-state index in [1.54, 1.807) is 12.1 Å². The fourth-order valence-electron chi connectivity index (χ4n) is 10.5. The molecule has 8 aromatic carbocycles. The molecule has 0 aliphatic heterocycles. The first kappa shape index (κ1) is 64.1. The van der Waals surface area contributed by atoms with E-state index in [-0.39, 0.29) is 54.8 Å². The van der Waals surface area contributed by atoms with Gasteiger partial charge in [-0.3, -0.25) is 0 Å². The SMILES string of the molecule is CC(C)(C)c1cc(C#Cc2ccc3c(-c4c(O)cc(C#Cc5cc(C(C)(C)C)cc(C(C)(C)C)c5)c5cc(C#Cc6cc(C(C)(C)C)cc(C(C)(C)C)c6)ccc45)c(O)cc(C#Cc4cc(C(C)(C)C)cc(C(C)(C)C)c4)c3c2)cc(C(C)(C)C)c1. The van der Waals surface area contributed by atoms with Crippen LogP contribution in [0.15, 0.2) is 121 Å². The molecule has 0 aromatic heterocycles.